The fraction of sp³-hybridized carbons (Fsp3) is 0.607. The molecule has 2 rings (SSSR count). The summed E-state index contributed by atoms with van der Waals surface area (Å²) in [4.78, 5) is 64.2. The summed E-state index contributed by atoms with van der Waals surface area (Å²) in [7, 11) is 0. The molecule has 4 amide bonds. The lowest BCUT2D eigenvalue weighted by molar-refractivity contribution is -0.141. The summed E-state index contributed by atoms with van der Waals surface area (Å²) in [5, 5.41) is 10.8. The van der Waals surface area contributed by atoms with Gasteiger partial charge in [0.15, 0.2) is 0 Å². The van der Waals surface area contributed by atoms with Gasteiger partial charge in [-0.25, -0.2) is 0 Å². The summed E-state index contributed by atoms with van der Waals surface area (Å²) in [6.45, 7) is 10.4. The number of carbonyl (C=O) groups is 5. The highest BCUT2D eigenvalue weighted by atomic mass is 16.2. The molecule has 0 radical (unpaired) electrons. The lowest BCUT2D eigenvalue weighted by Crippen LogP contribution is -2.59. The van der Waals surface area contributed by atoms with Crippen LogP contribution in [0.3, 0.4) is 0 Å². The molecule has 1 aromatic carbocycles. The van der Waals surface area contributed by atoms with E-state index in [0.29, 0.717) is 5.56 Å². The van der Waals surface area contributed by atoms with Crippen molar-refractivity contribution >= 4 is 29.4 Å². The molecule has 0 saturated heterocycles. The maximum atomic E-state index is 13.1. The normalized spacial score (nSPS) is 16.7. The molecule has 0 aromatic heterocycles. The third-order valence-electron chi connectivity index (χ3n) is 6.60. The van der Waals surface area contributed by atoms with Crippen molar-refractivity contribution in [1.29, 1.82) is 0 Å². The number of nitrogens with one attached hydrogen (secondary N) is 4. The minimum Gasteiger partial charge on any atom is -0.347 e. The molecule has 37 heavy (non-hydrogen) atoms. The molecule has 1 saturated carbocycles. The van der Waals surface area contributed by atoms with Gasteiger partial charge < -0.3 is 21.3 Å². The van der Waals surface area contributed by atoms with Gasteiger partial charge in [0.25, 0.3) is 11.8 Å². The van der Waals surface area contributed by atoms with E-state index in [4.69, 9.17) is 0 Å². The monoisotopic (exact) mass is 514 g/mol. The number of Topliss-reactive ketones (excluding diaryl/α,β-unsaturated/α-hetero) is 1. The highest BCUT2D eigenvalue weighted by Gasteiger charge is 2.36. The molecule has 0 spiro atoms. The molecule has 3 atom stereocenters. The van der Waals surface area contributed by atoms with E-state index in [1.165, 1.54) is 6.92 Å². The molecule has 1 fully saturated rings. The van der Waals surface area contributed by atoms with Gasteiger partial charge in [0.1, 0.15) is 12.1 Å². The Morgan fingerprint density at radius 1 is 0.811 bits per heavy atom. The van der Waals surface area contributed by atoms with Crippen LogP contribution in [0.5, 0.6) is 0 Å². The molecule has 204 valence electrons. The van der Waals surface area contributed by atoms with Crippen molar-refractivity contribution in [2.24, 2.45) is 11.3 Å². The molecule has 0 bridgehead atoms. The first-order valence-corrected chi connectivity index (χ1v) is 13.1. The van der Waals surface area contributed by atoms with Gasteiger partial charge in [0, 0.05) is 11.6 Å². The second-order valence-electron chi connectivity index (χ2n) is 11.3. The maximum absolute atomic E-state index is 13.1. The SMILES string of the molecule is CC(NC(=O)[C@@H](NC(=O)c1ccccc1)C(C)(C)C)C(=O)NC(C(=O)C(=O)NC1CCCCC1)C(C)C. The molecule has 9 nitrogen and oxygen atoms in total. The second-order valence-corrected chi connectivity index (χ2v) is 11.3. The van der Waals surface area contributed by atoms with E-state index in [0.717, 1.165) is 32.1 Å². The van der Waals surface area contributed by atoms with E-state index in [1.807, 2.05) is 20.8 Å². The van der Waals surface area contributed by atoms with Gasteiger partial charge in [-0.1, -0.05) is 72.1 Å². The molecule has 4 N–H and O–H groups in total. The Morgan fingerprint density at radius 3 is 1.95 bits per heavy atom. The van der Waals surface area contributed by atoms with Crippen LogP contribution in [0.1, 0.15) is 84.0 Å². The van der Waals surface area contributed by atoms with Crippen molar-refractivity contribution < 1.29 is 24.0 Å². The minimum atomic E-state index is -1.02. The number of carbonyl (C=O) groups excluding carboxylic acids is 5. The molecule has 1 aliphatic carbocycles. The quantitative estimate of drug-likeness (QED) is 0.356. The van der Waals surface area contributed by atoms with Crippen molar-refractivity contribution in [3.05, 3.63) is 35.9 Å². The van der Waals surface area contributed by atoms with E-state index in [1.54, 1.807) is 44.2 Å². The Labute approximate surface area is 219 Å². The smallest absolute Gasteiger partial charge is 0.289 e. The first-order chi connectivity index (χ1) is 17.3. The zero-order chi connectivity index (χ0) is 27.8. The highest BCUT2D eigenvalue weighted by Crippen LogP contribution is 2.20. The van der Waals surface area contributed by atoms with E-state index in [2.05, 4.69) is 21.3 Å². The molecule has 0 heterocycles. The van der Waals surface area contributed by atoms with Crippen molar-refractivity contribution in [3.63, 3.8) is 0 Å². The number of hydrogen-bond acceptors (Lipinski definition) is 5. The van der Waals surface area contributed by atoms with Crippen molar-refractivity contribution in [2.45, 2.75) is 97.8 Å². The Morgan fingerprint density at radius 2 is 1.41 bits per heavy atom. The standard InChI is InChI=1S/C28H42N4O5/c1-17(2)21(22(33)26(36)30-20-15-11-8-12-16-20)31-24(34)18(3)29-27(37)23(28(4,5)6)32-25(35)19-13-9-7-10-14-19/h7,9-10,13-14,17-18,20-21,23H,8,11-12,15-16H2,1-6H3,(H,29,37)(H,30,36)(H,31,34)(H,32,35)/t18?,21?,23-/m1/s1. The van der Waals surface area contributed by atoms with Crippen LogP contribution in [0, 0.1) is 11.3 Å². The summed E-state index contributed by atoms with van der Waals surface area (Å²) in [6, 6.07) is 5.59. The summed E-state index contributed by atoms with van der Waals surface area (Å²) >= 11 is 0. The Bertz CT molecular complexity index is 965. The van der Waals surface area contributed by atoms with Crippen LogP contribution in [0.25, 0.3) is 0 Å². The average molecular weight is 515 g/mol. The lowest BCUT2D eigenvalue weighted by Gasteiger charge is -2.31. The summed E-state index contributed by atoms with van der Waals surface area (Å²) in [5.74, 6) is -3.24. The molecule has 2 unspecified atom stereocenters. The van der Waals surface area contributed by atoms with Crippen molar-refractivity contribution in [3.8, 4) is 0 Å². The molecule has 1 aromatic rings. The van der Waals surface area contributed by atoms with Crippen LogP contribution in [-0.4, -0.2) is 53.6 Å². The van der Waals surface area contributed by atoms with E-state index in [-0.39, 0.29) is 12.0 Å². The van der Waals surface area contributed by atoms with Gasteiger partial charge in [-0.05, 0) is 43.2 Å². The predicted molar refractivity (Wildman–Crippen MR) is 142 cm³/mol. The molecule has 9 heteroatoms. The Hall–Kier alpha value is -3.23. The molecular weight excluding hydrogens is 472 g/mol. The second kappa shape index (κ2) is 13.4. The van der Waals surface area contributed by atoms with E-state index in [9.17, 15) is 24.0 Å². The minimum absolute atomic E-state index is 0.0210. The van der Waals surface area contributed by atoms with Crippen LogP contribution in [0.15, 0.2) is 30.3 Å². The fourth-order valence-electron chi connectivity index (χ4n) is 4.30. The number of amides is 4. The van der Waals surface area contributed by atoms with Gasteiger partial charge in [-0.15, -0.1) is 0 Å². The number of hydrogen-bond donors (Lipinski definition) is 4. The zero-order valence-electron chi connectivity index (χ0n) is 22.9. The van der Waals surface area contributed by atoms with Crippen molar-refractivity contribution in [2.75, 3.05) is 0 Å². The predicted octanol–water partition coefficient (Wildman–Crippen LogP) is 2.49. The first-order valence-electron chi connectivity index (χ1n) is 13.1. The van der Waals surface area contributed by atoms with Crippen LogP contribution < -0.4 is 21.3 Å². The average Bonchev–Trinajstić information content (AvgIpc) is 2.85. The van der Waals surface area contributed by atoms with Crippen LogP contribution in [-0.2, 0) is 19.2 Å². The summed E-state index contributed by atoms with van der Waals surface area (Å²) in [5.41, 5.74) is -0.224. The molecule has 1 aliphatic rings. The fourth-order valence-corrected chi connectivity index (χ4v) is 4.30. The van der Waals surface area contributed by atoms with Crippen LogP contribution in [0.2, 0.25) is 0 Å². The molecular formula is C28H42N4O5. The van der Waals surface area contributed by atoms with Gasteiger partial charge >= 0.3 is 0 Å². The van der Waals surface area contributed by atoms with Crippen molar-refractivity contribution in [1.82, 2.24) is 21.3 Å². The third kappa shape index (κ3) is 8.98. The Balaban J connectivity index is 2.02. The van der Waals surface area contributed by atoms with Gasteiger partial charge in [0.05, 0.1) is 6.04 Å². The van der Waals surface area contributed by atoms with E-state index < -0.39 is 53.0 Å². The molecule has 0 aliphatic heterocycles. The summed E-state index contributed by atoms with van der Waals surface area (Å²) < 4.78 is 0. The van der Waals surface area contributed by atoms with Gasteiger partial charge in [-0.3, -0.25) is 24.0 Å². The van der Waals surface area contributed by atoms with E-state index >= 15 is 0 Å². The highest BCUT2D eigenvalue weighted by molar-refractivity contribution is 6.38. The van der Waals surface area contributed by atoms with Crippen LogP contribution in [0.4, 0.5) is 0 Å². The maximum Gasteiger partial charge on any atom is 0.289 e. The summed E-state index contributed by atoms with van der Waals surface area (Å²) in [6.07, 6.45) is 4.85. The van der Waals surface area contributed by atoms with Gasteiger partial charge in [0.2, 0.25) is 17.6 Å². The van der Waals surface area contributed by atoms with Gasteiger partial charge in [-0.2, -0.15) is 0 Å². The van der Waals surface area contributed by atoms with Crippen LogP contribution >= 0.6 is 0 Å². The lowest BCUT2D eigenvalue weighted by atomic mass is 9.85. The number of benzene rings is 1. The largest absolute Gasteiger partial charge is 0.347 e. The third-order valence-corrected chi connectivity index (χ3v) is 6.60. The topological polar surface area (TPSA) is 133 Å². The first kappa shape index (κ1) is 30.0. The number of rotatable bonds is 10. The number of ketones is 1. The zero-order valence-corrected chi connectivity index (χ0v) is 22.9. The Kier molecular flexibility index (Phi) is 10.8.